The summed E-state index contributed by atoms with van der Waals surface area (Å²) < 4.78 is 0. The van der Waals surface area contributed by atoms with E-state index in [2.05, 4.69) is 17.9 Å². The maximum absolute atomic E-state index is 12.2. The van der Waals surface area contributed by atoms with E-state index in [-0.39, 0.29) is 11.5 Å². The molecule has 0 spiro atoms. The van der Waals surface area contributed by atoms with Crippen LogP contribution in [0.25, 0.3) is 0 Å². The summed E-state index contributed by atoms with van der Waals surface area (Å²) in [6.45, 7) is 4.13. The van der Waals surface area contributed by atoms with Crippen molar-refractivity contribution in [2.24, 2.45) is 5.73 Å². The summed E-state index contributed by atoms with van der Waals surface area (Å²) in [6, 6.07) is 12.3. The third kappa shape index (κ3) is 5.10. The molecule has 0 saturated carbocycles. The van der Waals surface area contributed by atoms with Crippen LogP contribution in [-0.4, -0.2) is 30.1 Å². The number of nitrogens with zero attached hydrogens (tertiary/aromatic N) is 1. The van der Waals surface area contributed by atoms with E-state index < -0.39 is 17.8 Å². The molecule has 3 rings (SSSR count). The van der Waals surface area contributed by atoms with Gasteiger partial charge >= 0.3 is 5.97 Å². The topological polar surface area (TPSA) is 83.6 Å². The number of carboxylic acids is 1. The average Bonchev–Trinajstić information content (AvgIpc) is 2.72. The molecule has 1 amide bonds. The van der Waals surface area contributed by atoms with Crippen molar-refractivity contribution in [3.8, 4) is 0 Å². The van der Waals surface area contributed by atoms with E-state index >= 15 is 0 Å². The molecule has 0 aromatic heterocycles. The lowest BCUT2D eigenvalue weighted by Gasteiger charge is -2.32. The molecule has 1 aliphatic heterocycles. The first kappa shape index (κ1) is 21.2. The first-order chi connectivity index (χ1) is 13.9. The summed E-state index contributed by atoms with van der Waals surface area (Å²) in [7, 11) is 0. The smallest absolute Gasteiger partial charge is 0.335 e. The highest BCUT2D eigenvalue weighted by Gasteiger charge is 2.25. The largest absolute Gasteiger partial charge is 0.478 e. The fraction of sp³-hybridized carbons (Fsp3) is 0.391. The van der Waals surface area contributed by atoms with Gasteiger partial charge in [0, 0.05) is 23.8 Å². The molecular weight excluding hydrogens is 388 g/mol. The number of piperidine rings is 1. The van der Waals surface area contributed by atoms with Crippen molar-refractivity contribution >= 4 is 29.2 Å². The maximum Gasteiger partial charge on any atom is 0.335 e. The average molecular weight is 415 g/mol. The number of carbonyl (C=O) groups excluding carboxylic acids is 1. The van der Waals surface area contributed by atoms with Crippen LogP contribution in [0.1, 0.15) is 65.9 Å². The third-order valence-electron chi connectivity index (χ3n) is 5.71. The van der Waals surface area contributed by atoms with Gasteiger partial charge in [0.05, 0.1) is 11.5 Å². The van der Waals surface area contributed by atoms with Crippen LogP contribution in [0.2, 0.25) is 5.02 Å². The fourth-order valence-electron chi connectivity index (χ4n) is 4.10. The predicted octanol–water partition coefficient (Wildman–Crippen LogP) is 4.79. The normalized spacial score (nSPS) is 16.3. The number of carboxylic acid groups (broad SMARTS) is 1. The van der Waals surface area contributed by atoms with Gasteiger partial charge in [-0.3, -0.25) is 4.79 Å². The second-order valence-corrected chi connectivity index (χ2v) is 8.21. The first-order valence-corrected chi connectivity index (χ1v) is 10.4. The zero-order valence-electron chi connectivity index (χ0n) is 16.6. The number of hydrogen-bond donors (Lipinski definition) is 2. The van der Waals surface area contributed by atoms with Crippen molar-refractivity contribution in [3.63, 3.8) is 0 Å². The van der Waals surface area contributed by atoms with E-state index in [9.17, 15) is 9.59 Å². The van der Waals surface area contributed by atoms with Crippen LogP contribution in [0, 0.1) is 0 Å². The Kier molecular flexibility index (Phi) is 6.80. The third-order valence-corrected chi connectivity index (χ3v) is 5.95. The SMILES string of the molecule is CC(CC(C(N)=O)c1ccc(C(=O)O)cc1)c1cc(Cl)ccc1N1CCCCC1. The first-order valence-electron chi connectivity index (χ1n) is 10.0. The Morgan fingerprint density at radius 1 is 1.10 bits per heavy atom. The van der Waals surface area contributed by atoms with Crippen molar-refractivity contribution in [2.45, 2.75) is 44.4 Å². The number of anilines is 1. The lowest BCUT2D eigenvalue weighted by atomic mass is 9.84. The van der Waals surface area contributed by atoms with E-state index in [0.29, 0.717) is 11.4 Å². The van der Waals surface area contributed by atoms with Crippen LogP contribution >= 0.6 is 11.6 Å². The van der Waals surface area contributed by atoms with Crippen molar-refractivity contribution in [3.05, 3.63) is 64.2 Å². The number of aromatic carboxylic acids is 1. The molecule has 1 fully saturated rings. The minimum Gasteiger partial charge on any atom is -0.478 e. The van der Waals surface area contributed by atoms with E-state index in [4.69, 9.17) is 22.4 Å². The second kappa shape index (κ2) is 9.31. The van der Waals surface area contributed by atoms with Gasteiger partial charge in [-0.15, -0.1) is 0 Å². The van der Waals surface area contributed by atoms with Gasteiger partial charge in [-0.25, -0.2) is 4.79 Å². The predicted molar refractivity (Wildman–Crippen MR) is 116 cm³/mol. The summed E-state index contributed by atoms with van der Waals surface area (Å²) in [5.74, 6) is -1.85. The van der Waals surface area contributed by atoms with Crippen LogP contribution in [0.4, 0.5) is 5.69 Å². The van der Waals surface area contributed by atoms with Gasteiger partial charge < -0.3 is 15.7 Å². The molecule has 0 bridgehead atoms. The summed E-state index contributed by atoms with van der Waals surface area (Å²) in [4.78, 5) is 25.7. The van der Waals surface area contributed by atoms with Crippen LogP contribution in [-0.2, 0) is 4.79 Å². The zero-order valence-corrected chi connectivity index (χ0v) is 17.4. The quantitative estimate of drug-likeness (QED) is 0.682. The number of hydrogen-bond acceptors (Lipinski definition) is 3. The molecule has 2 unspecified atom stereocenters. The van der Waals surface area contributed by atoms with Crippen LogP contribution in [0.3, 0.4) is 0 Å². The molecule has 0 radical (unpaired) electrons. The van der Waals surface area contributed by atoms with E-state index in [0.717, 1.165) is 24.2 Å². The molecule has 1 aliphatic rings. The molecule has 2 aromatic carbocycles. The van der Waals surface area contributed by atoms with E-state index in [1.165, 1.54) is 37.1 Å². The lowest BCUT2D eigenvalue weighted by molar-refractivity contribution is -0.119. The summed E-state index contributed by atoms with van der Waals surface area (Å²) in [5.41, 5.74) is 8.92. The van der Waals surface area contributed by atoms with Crippen molar-refractivity contribution in [2.75, 3.05) is 18.0 Å². The van der Waals surface area contributed by atoms with Gasteiger partial charge in [-0.2, -0.15) is 0 Å². The second-order valence-electron chi connectivity index (χ2n) is 7.77. The molecule has 2 aromatic rings. The molecule has 3 N–H and O–H groups in total. The number of carbonyl (C=O) groups is 2. The van der Waals surface area contributed by atoms with Crippen LogP contribution in [0.15, 0.2) is 42.5 Å². The monoisotopic (exact) mass is 414 g/mol. The summed E-state index contributed by atoms with van der Waals surface area (Å²) in [6.07, 6.45) is 4.14. The number of halogens is 1. The Balaban J connectivity index is 1.86. The highest BCUT2D eigenvalue weighted by molar-refractivity contribution is 6.30. The van der Waals surface area contributed by atoms with Gasteiger partial charge in [0.1, 0.15) is 0 Å². The van der Waals surface area contributed by atoms with Crippen molar-refractivity contribution in [1.29, 1.82) is 0 Å². The molecule has 0 aliphatic carbocycles. The van der Waals surface area contributed by atoms with Crippen LogP contribution in [0.5, 0.6) is 0 Å². The molecular formula is C23H27ClN2O3. The Morgan fingerprint density at radius 3 is 2.34 bits per heavy atom. The van der Waals surface area contributed by atoms with Gasteiger partial charge in [-0.1, -0.05) is 30.7 Å². The number of rotatable bonds is 7. The molecule has 154 valence electrons. The minimum absolute atomic E-state index is 0.0577. The molecule has 5 nitrogen and oxygen atoms in total. The highest BCUT2D eigenvalue weighted by Crippen LogP contribution is 2.37. The number of nitrogens with two attached hydrogens (primary N) is 1. The Bertz CT molecular complexity index is 876. The van der Waals surface area contributed by atoms with Gasteiger partial charge in [0.25, 0.3) is 0 Å². The van der Waals surface area contributed by atoms with Crippen LogP contribution < -0.4 is 10.6 Å². The standard InChI is InChI=1S/C23H27ClN2O3/c1-15(13-20(22(25)27)16-5-7-17(8-6-16)23(28)29)19-14-18(24)9-10-21(19)26-11-3-2-4-12-26/h5-10,14-15,20H,2-4,11-13H2,1H3,(H2,25,27)(H,28,29). The Hall–Kier alpha value is -2.53. The minimum atomic E-state index is -0.995. The van der Waals surface area contributed by atoms with Gasteiger partial charge in [0.15, 0.2) is 0 Å². The zero-order chi connectivity index (χ0) is 21.0. The molecule has 1 heterocycles. The fourth-order valence-corrected chi connectivity index (χ4v) is 4.28. The maximum atomic E-state index is 12.2. The molecule has 6 heteroatoms. The molecule has 2 atom stereocenters. The number of benzene rings is 2. The molecule has 29 heavy (non-hydrogen) atoms. The Morgan fingerprint density at radius 2 is 1.76 bits per heavy atom. The Labute approximate surface area is 176 Å². The lowest BCUT2D eigenvalue weighted by Crippen LogP contribution is -2.30. The molecule has 1 saturated heterocycles. The van der Waals surface area contributed by atoms with Crippen molar-refractivity contribution < 1.29 is 14.7 Å². The highest BCUT2D eigenvalue weighted by atomic mass is 35.5. The van der Waals surface area contributed by atoms with E-state index in [1.807, 2.05) is 12.1 Å². The van der Waals surface area contributed by atoms with Gasteiger partial charge in [-0.05, 0) is 73.1 Å². The van der Waals surface area contributed by atoms with Crippen molar-refractivity contribution in [1.82, 2.24) is 0 Å². The number of amides is 1. The van der Waals surface area contributed by atoms with E-state index in [1.54, 1.807) is 12.1 Å². The summed E-state index contributed by atoms with van der Waals surface area (Å²) >= 11 is 6.30. The van der Waals surface area contributed by atoms with Gasteiger partial charge in [0.2, 0.25) is 5.91 Å². The summed E-state index contributed by atoms with van der Waals surface area (Å²) in [5, 5.41) is 9.76. The number of primary amides is 1.